The molecule has 16 heavy (non-hydrogen) atoms. The third kappa shape index (κ3) is 2.64. The number of thiophene rings is 1. The van der Waals surface area contributed by atoms with Crippen molar-refractivity contribution in [3.63, 3.8) is 0 Å². The molecule has 0 aliphatic carbocycles. The van der Waals surface area contributed by atoms with Crippen molar-refractivity contribution in [2.45, 2.75) is 19.4 Å². The van der Waals surface area contributed by atoms with Crippen molar-refractivity contribution in [2.75, 3.05) is 0 Å². The highest BCUT2D eigenvalue weighted by Crippen LogP contribution is 2.24. The van der Waals surface area contributed by atoms with Crippen LogP contribution < -0.4 is 5.73 Å². The summed E-state index contributed by atoms with van der Waals surface area (Å²) < 4.78 is 0. The molecule has 2 rings (SSSR count). The third-order valence-corrected chi connectivity index (χ3v) is 3.78. The monoisotopic (exact) mass is 251 g/mol. The molecule has 0 saturated carbocycles. The van der Waals surface area contributed by atoms with Gasteiger partial charge in [0.15, 0.2) is 0 Å². The summed E-state index contributed by atoms with van der Waals surface area (Å²) in [4.78, 5) is 1.31. The van der Waals surface area contributed by atoms with Gasteiger partial charge in [0.25, 0.3) is 0 Å². The van der Waals surface area contributed by atoms with Gasteiger partial charge in [-0.05, 0) is 41.6 Å². The number of rotatable bonds is 3. The molecule has 0 radical (unpaired) electrons. The predicted octanol–water partition coefficient (Wildman–Crippen LogP) is 3.95. The molecule has 1 unspecified atom stereocenters. The molecule has 0 bridgehead atoms. The highest BCUT2D eigenvalue weighted by molar-refractivity contribution is 7.09. The first-order valence-corrected chi connectivity index (χ1v) is 6.46. The lowest BCUT2D eigenvalue weighted by Gasteiger charge is -2.14. The van der Waals surface area contributed by atoms with Crippen molar-refractivity contribution in [1.82, 2.24) is 0 Å². The molecule has 0 aliphatic heterocycles. The summed E-state index contributed by atoms with van der Waals surface area (Å²) in [5.41, 5.74) is 8.55. The summed E-state index contributed by atoms with van der Waals surface area (Å²) in [7, 11) is 0. The van der Waals surface area contributed by atoms with Crippen molar-refractivity contribution in [3.05, 3.63) is 56.7 Å². The lowest BCUT2D eigenvalue weighted by atomic mass is 9.99. The maximum absolute atomic E-state index is 6.20. The lowest BCUT2D eigenvalue weighted by Crippen LogP contribution is -2.14. The Bertz CT molecular complexity index is 465. The van der Waals surface area contributed by atoms with Crippen LogP contribution in [0.1, 0.15) is 22.0 Å². The van der Waals surface area contributed by atoms with E-state index in [0.29, 0.717) is 0 Å². The van der Waals surface area contributed by atoms with Crippen LogP contribution in [0.3, 0.4) is 0 Å². The van der Waals surface area contributed by atoms with Crippen LogP contribution in [0.5, 0.6) is 0 Å². The summed E-state index contributed by atoms with van der Waals surface area (Å²) in [6, 6.07) is 10.1. The topological polar surface area (TPSA) is 26.0 Å². The Morgan fingerprint density at radius 2 is 2.19 bits per heavy atom. The van der Waals surface area contributed by atoms with Crippen molar-refractivity contribution >= 4 is 22.9 Å². The zero-order valence-corrected chi connectivity index (χ0v) is 10.7. The Labute approximate surface area is 105 Å². The zero-order chi connectivity index (χ0) is 11.5. The number of hydrogen-bond acceptors (Lipinski definition) is 2. The van der Waals surface area contributed by atoms with Crippen molar-refractivity contribution in [2.24, 2.45) is 5.73 Å². The Hall–Kier alpha value is -0.830. The smallest absolute Gasteiger partial charge is 0.0409 e. The van der Waals surface area contributed by atoms with Gasteiger partial charge in [-0.15, -0.1) is 11.3 Å². The summed E-state index contributed by atoms with van der Waals surface area (Å²) in [6.45, 7) is 2.07. The largest absolute Gasteiger partial charge is 0.324 e. The standard InChI is InChI=1S/C13H14ClNS/c1-9-4-5-10(14)7-12(9)13(15)8-11-3-2-6-16-11/h2-7,13H,8,15H2,1H3. The van der Waals surface area contributed by atoms with E-state index in [0.717, 1.165) is 17.0 Å². The van der Waals surface area contributed by atoms with Crippen LogP contribution in [0.15, 0.2) is 35.7 Å². The molecule has 0 aliphatic rings. The minimum atomic E-state index is 0.0253. The third-order valence-electron chi connectivity index (χ3n) is 2.64. The first-order chi connectivity index (χ1) is 7.66. The molecule has 2 aromatic rings. The van der Waals surface area contributed by atoms with Crippen LogP contribution in [0.25, 0.3) is 0 Å². The molecule has 0 saturated heterocycles. The molecule has 1 aromatic heterocycles. The van der Waals surface area contributed by atoms with Gasteiger partial charge in [0.1, 0.15) is 0 Å². The van der Waals surface area contributed by atoms with Crippen LogP contribution in [0.4, 0.5) is 0 Å². The number of nitrogens with two attached hydrogens (primary N) is 1. The molecule has 0 spiro atoms. The van der Waals surface area contributed by atoms with Gasteiger partial charge in [-0.25, -0.2) is 0 Å². The fraction of sp³-hybridized carbons (Fsp3) is 0.231. The molecule has 1 aromatic carbocycles. The minimum Gasteiger partial charge on any atom is -0.324 e. The van der Waals surface area contributed by atoms with E-state index in [1.54, 1.807) is 11.3 Å². The van der Waals surface area contributed by atoms with Gasteiger partial charge in [-0.2, -0.15) is 0 Å². The zero-order valence-electron chi connectivity index (χ0n) is 9.11. The predicted molar refractivity (Wildman–Crippen MR) is 71.1 cm³/mol. The average Bonchev–Trinajstić information content (AvgIpc) is 2.74. The first kappa shape index (κ1) is 11.6. The molecule has 0 fully saturated rings. The van der Waals surface area contributed by atoms with Gasteiger partial charge in [0.05, 0.1) is 0 Å². The maximum atomic E-state index is 6.20. The van der Waals surface area contributed by atoms with E-state index in [4.69, 9.17) is 17.3 Å². The second-order valence-electron chi connectivity index (χ2n) is 3.89. The van der Waals surface area contributed by atoms with Gasteiger partial charge in [0.2, 0.25) is 0 Å². The van der Waals surface area contributed by atoms with E-state index in [1.807, 2.05) is 18.2 Å². The number of hydrogen-bond donors (Lipinski definition) is 1. The van der Waals surface area contributed by atoms with Crippen LogP contribution >= 0.6 is 22.9 Å². The average molecular weight is 252 g/mol. The van der Waals surface area contributed by atoms with E-state index in [2.05, 4.69) is 24.4 Å². The van der Waals surface area contributed by atoms with Gasteiger partial charge >= 0.3 is 0 Å². The van der Waals surface area contributed by atoms with E-state index in [9.17, 15) is 0 Å². The van der Waals surface area contributed by atoms with Gasteiger partial charge in [0, 0.05) is 22.4 Å². The number of halogens is 1. The molecule has 3 heteroatoms. The van der Waals surface area contributed by atoms with E-state index in [1.165, 1.54) is 10.4 Å². The number of aryl methyl sites for hydroxylation is 1. The Morgan fingerprint density at radius 1 is 1.38 bits per heavy atom. The summed E-state index contributed by atoms with van der Waals surface area (Å²) in [6.07, 6.45) is 0.874. The SMILES string of the molecule is Cc1ccc(Cl)cc1C(N)Cc1cccs1. The fourth-order valence-electron chi connectivity index (χ4n) is 1.77. The molecular weight excluding hydrogens is 238 g/mol. The van der Waals surface area contributed by atoms with Gasteiger partial charge < -0.3 is 5.73 Å². The molecule has 1 atom stereocenters. The van der Waals surface area contributed by atoms with E-state index >= 15 is 0 Å². The van der Waals surface area contributed by atoms with Crippen LogP contribution in [-0.2, 0) is 6.42 Å². The highest BCUT2D eigenvalue weighted by atomic mass is 35.5. The Morgan fingerprint density at radius 3 is 2.88 bits per heavy atom. The van der Waals surface area contributed by atoms with Crippen LogP contribution in [0, 0.1) is 6.92 Å². The highest BCUT2D eigenvalue weighted by Gasteiger charge is 2.10. The summed E-state index contributed by atoms with van der Waals surface area (Å²) in [5.74, 6) is 0. The van der Waals surface area contributed by atoms with Crippen LogP contribution in [0.2, 0.25) is 5.02 Å². The van der Waals surface area contributed by atoms with Gasteiger partial charge in [-0.3, -0.25) is 0 Å². The molecule has 1 nitrogen and oxygen atoms in total. The van der Waals surface area contributed by atoms with Crippen LogP contribution in [-0.4, -0.2) is 0 Å². The van der Waals surface area contributed by atoms with E-state index in [-0.39, 0.29) is 6.04 Å². The normalized spacial score (nSPS) is 12.7. The van der Waals surface area contributed by atoms with Crippen molar-refractivity contribution in [1.29, 1.82) is 0 Å². The minimum absolute atomic E-state index is 0.0253. The molecule has 2 N–H and O–H groups in total. The van der Waals surface area contributed by atoms with Crippen molar-refractivity contribution < 1.29 is 0 Å². The summed E-state index contributed by atoms with van der Waals surface area (Å²) in [5, 5.41) is 2.83. The lowest BCUT2D eigenvalue weighted by molar-refractivity contribution is 0.725. The Balaban J connectivity index is 2.20. The quantitative estimate of drug-likeness (QED) is 0.878. The summed E-state index contributed by atoms with van der Waals surface area (Å²) >= 11 is 7.73. The first-order valence-electron chi connectivity index (χ1n) is 5.21. The van der Waals surface area contributed by atoms with Gasteiger partial charge in [-0.1, -0.05) is 23.7 Å². The van der Waals surface area contributed by atoms with Crippen molar-refractivity contribution in [3.8, 4) is 0 Å². The number of benzene rings is 1. The Kier molecular flexibility index (Phi) is 3.64. The second-order valence-corrected chi connectivity index (χ2v) is 5.36. The molecule has 1 heterocycles. The second kappa shape index (κ2) is 5.00. The molecule has 84 valence electrons. The maximum Gasteiger partial charge on any atom is 0.0409 e. The molecule has 0 amide bonds. The molecular formula is C13H14ClNS. The van der Waals surface area contributed by atoms with E-state index < -0.39 is 0 Å². The fourth-order valence-corrected chi connectivity index (χ4v) is 2.71.